The van der Waals surface area contributed by atoms with Crippen molar-refractivity contribution in [2.45, 2.75) is 50.5 Å². The molecule has 0 atom stereocenters. The van der Waals surface area contributed by atoms with Crippen LogP contribution in [0.5, 0.6) is 0 Å². The van der Waals surface area contributed by atoms with Crippen molar-refractivity contribution in [3.05, 3.63) is 23.0 Å². The highest BCUT2D eigenvalue weighted by molar-refractivity contribution is 7.91. The summed E-state index contributed by atoms with van der Waals surface area (Å²) in [6.07, 6.45) is 2.36. The van der Waals surface area contributed by atoms with Crippen LogP contribution in [-0.4, -0.2) is 29.1 Å². The van der Waals surface area contributed by atoms with Crippen molar-refractivity contribution in [3.8, 4) is 0 Å². The van der Waals surface area contributed by atoms with Gasteiger partial charge in [-0.1, -0.05) is 11.3 Å². The number of hydrogen-bond acceptors (Lipinski definition) is 6. The Morgan fingerprint density at radius 2 is 2.08 bits per heavy atom. The van der Waals surface area contributed by atoms with Gasteiger partial charge in [0.05, 0.1) is 0 Å². The highest BCUT2D eigenvalue weighted by Gasteiger charge is 2.27. The van der Waals surface area contributed by atoms with Crippen molar-refractivity contribution in [1.29, 1.82) is 0 Å². The Bertz CT molecular complexity index is 880. The molecule has 0 aliphatic heterocycles. The first-order chi connectivity index (χ1) is 11.3. The Morgan fingerprint density at radius 1 is 1.38 bits per heavy atom. The lowest BCUT2D eigenvalue weighted by Gasteiger charge is -2.08. The molecule has 1 aliphatic carbocycles. The number of amides is 1. The van der Waals surface area contributed by atoms with E-state index in [-0.39, 0.29) is 21.9 Å². The molecule has 0 saturated heterocycles. The number of sulfonamides is 1. The molecule has 130 valence electrons. The number of carbonyl (C=O) groups is 1. The molecule has 2 aromatic rings. The van der Waals surface area contributed by atoms with Crippen LogP contribution in [0.2, 0.25) is 0 Å². The number of carbonyl (C=O) groups excluding carboxylic acids is 1. The van der Waals surface area contributed by atoms with E-state index < -0.39 is 10.0 Å². The number of rotatable bonds is 6. The fourth-order valence-electron chi connectivity index (χ4n) is 2.67. The summed E-state index contributed by atoms with van der Waals surface area (Å²) in [5.74, 6) is -0.324. The van der Waals surface area contributed by atoms with Gasteiger partial charge in [-0.15, -0.1) is 10.2 Å². The molecular weight excluding hydrogens is 350 g/mol. The fourth-order valence-corrected chi connectivity index (χ4v) is 4.67. The lowest BCUT2D eigenvalue weighted by Crippen LogP contribution is -2.23. The van der Waals surface area contributed by atoms with E-state index in [4.69, 9.17) is 0 Å². The first-order valence-electron chi connectivity index (χ1n) is 7.56. The molecule has 1 aliphatic rings. The second-order valence-corrected chi connectivity index (χ2v) is 8.79. The van der Waals surface area contributed by atoms with Crippen LogP contribution < -0.4 is 10.0 Å². The van der Waals surface area contributed by atoms with Gasteiger partial charge >= 0.3 is 0 Å². The highest BCUT2D eigenvalue weighted by atomic mass is 32.2. The van der Waals surface area contributed by atoms with Crippen LogP contribution in [-0.2, 0) is 21.4 Å². The third-order valence-corrected chi connectivity index (χ3v) is 6.48. The minimum Gasteiger partial charge on any atom is -0.346 e. The number of hydrogen-bond donors (Lipinski definition) is 2. The Labute approximate surface area is 144 Å². The summed E-state index contributed by atoms with van der Waals surface area (Å²) in [6.45, 7) is 5.57. The van der Waals surface area contributed by atoms with Gasteiger partial charge in [0.15, 0.2) is 0 Å². The maximum absolute atomic E-state index is 12.3. The molecular formula is C14H19N5O3S2. The highest BCUT2D eigenvalue weighted by Crippen LogP contribution is 2.38. The SMILES string of the molecule is CC(=O)Nc1nnc(S(=O)(=O)NCc2cc(C)n(C3CC3)c2C)s1. The van der Waals surface area contributed by atoms with Crippen LogP contribution in [0.15, 0.2) is 10.4 Å². The second kappa shape index (κ2) is 6.26. The zero-order chi connectivity index (χ0) is 17.5. The van der Waals surface area contributed by atoms with Crippen molar-refractivity contribution in [3.63, 3.8) is 0 Å². The molecule has 0 bridgehead atoms. The van der Waals surface area contributed by atoms with Crippen molar-refractivity contribution in [2.75, 3.05) is 5.32 Å². The Balaban J connectivity index is 1.72. The minimum absolute atomic E-state index is 0.162. The summed E-state index contributed by atoms with van der Waals surface area (Å²) >= 11 is 0.821. The molecule has 2 aromatic heterocycles. The number of nitrogens with zero attached hydrogens (tertiary/aromatic N) is 3. The van der Waals surface area contributed by atoms with E-state index in [1.807, 2.05) is 19.9 Å². The van der Waals surface area contributed by atoms with Gasteiger partial charge in [-0.05, 0) is 38.3 Å². The molecule has 24 heavy (non-hydrogen) atoms. The van der Waals surface area contributed by atoms with Crippen molar-refractivity contribution in [1.82, 2.24) is 19.5 Å². The van der Waals surface area contributed by atoms with Crippen molar-refractivity contribution < 1.29 is 13.2 Å². The van der Waals surface area contributed by atoms with Crippen molar-refractivity contribution in [2.24, 2.45) is 0 Å². The molecule has 3 rings (SSSR count). The molecule has 8 nitrogen and oxygen atoms in total. The van der Waals surface area contributed by atoms with Gasteiger partial charge in [0.25, 0.3) is 10.0 Å². The Morgan fingerprint density at radius 3 is 2.71 bits per heavy atom. The molecule has 1 fully saturated rings. The van der Waals surface area contributed by atoms with Gasteiger partial charge in [-0.25, -0.2) is 13.1 Å². The third-order valence-electron chi connectivity index (χ3n) is 3.87. The number of aryl methyl sites for hydroxylation is 1. The molecule has 1 amide bonds. The molecule has 1 saturated carbocycles. The predicted octanol–water partition coefficient (Wildman–Crippen LogP) is 1.73. The lowest BCUT2D eigenvalue weighted by atomic mass is 10.2. The molecule has 2 N–H and O–H groups in total. The zero-order valence-corrected chi connectivity index (χ0v) is 15.3. The predicted molar refractivity (Wildman–Crippen MR) is 90.4 cm³/mol. The summed E-state index contributed by atoms with van der Waals surface area (Å²) < 4.78 is 29.3. The van der Waals surface area contributed by atoms with Gasteiger partial charge in [0.2, 0.25) is 15.4 Å². The summed E-state index contributed by atoms with van der Waals surface area (Å²) in [5, 5.41) is 9.88. The number of anilines is 1. The van der Waals surface area contributed by atoms with Crippen LogP contribution >= 0.6 is 11.3 Å². The normalized spacial score (nSPS) is 14.8. The summed E-state index contributed by atoms with van der Waals surface area (Å²) in [7, 11) is -3.76. The van der Waals surface area contributed by atoms with Crippen molar-refractivity contribution >= 4 is 32.4 Å². The smallest absolute Gasteiger partial charge is 0.270 e. The third kappa shape index (κ3) is 3.50. The molecule has 0 radical (unpaired) electrons. The summed E-state index contributed by atoms with van der Waals surface area (Å²) in [4.78, 5) is 11.0. The largest absolute Gasteiger partial charge is 0.346 e. The van der Waals surface area contributed by atoms with Crippen LogP contribution in [0, 0.1) is 13.8 Å². The van der Waals surface area contributed by atoms with Crippen LogP contribution in [0.3, 0.4) is 0 Å². The van der Waals surface area contributed by atoms with Gasteiger partial charge in [0.1, 0.15) is 0 Å². The Hall–Kier alpha value is -1.78. The van der Waals surface area contributed by atoms with Gasteiger partial charge < -0.3 is 9.88 Å². The van der Waals surface area contributed by atoms with Gasteiger partial charge in [-0.2, -0.15) is 0 Å². The fraction of sp³-hybridized carbons (Fsp3) is 0.500. The van der Waals surface area contributed by atoms with E-state index in [1.165, 1.54) is 19.8 Å². The van der Waals surface area contributed by atoms with Crippen LogP contribution in [0.25, 0.3) is 0 Å². The van der Waals surface area contributed by atoms with E-state index in [9.17, 15) is 13.2 Å². The number of aromatic nitrogens is 3. The summed E-state index contributed by atoms with van der Waals surface area (Å²) in [6, 6.07) is 2.57. The first-order valence-corrected chi connectivity index (χ1v) is 9.86. The van der Waals surface area contributed by atoms with E-state index in [1.54, 1.807) is 0 Å². The second-order valence-electron chi connectivity index (χ2n) is 5.88. The average Bonchev–Trinajstić information content (AvgIpc) is 3.12. The molecule has 0 unspecified atom stereocenters. The quantitative estimate of drug-likeness (QED) is 0.754. The maximum Gasteiger partial charge on any atom is 0.270 e. The van der Waals surface area contributed by atoms with E-state index in [2.05, 4.69) is 24.8 Å². The number of nitrogens with one attached hydrogen (secondary N) is 2. The van der Waals surface area contributed by atoms with E-state index in [0.29, 0.717) is 6.04 Å². The Kier molecular flexibility index (Phi) is 4.45. The van der Waals surface area contributed by atoms with Gasteiger partial charge in [0, 0.05) is 30.9 Å². The van der Waals surface area contributed by atoms with E-state index >= 15 is 0 Å². The first kappa shape index (κ1) is 17.1. The standard InChI is InChI=1S/C14H19N5O3S2/c1-8-6-11(9(2)19(8)12-4-5-12)7-15-24(21,22)14-18-17-13(23-14)16-10(3)20/h6,12,15H,4-5,7H2,1-3H3,(H,16,17,20). The molecule has 2 heterocycles. The van der Waals surface area contributed by atoms with Crippen LogP contribution in [0.4, 0.5) is 5.13 Å². The molecule has 10 heteroatoms. The molecule has 0 aromatic carbocycles. The lowest BCUT2D eigenvalue weighted by molar-refractivity contribution is -0.114. The topological polar surface area (TPSA) is 106 Å². The maximum atomic E-state index is 12.3. The summed E-state index contributed by atoms with van der Waals surface area (Å²) in [5.41, 5.74) is 3.19. The monoisotopic (exact) mass is 369 g/mol. The zero-order valence-electron chi connectivity index (χ0n) is 13.7. The average molecular weight is 369 g/mol. The minimum atomic E-state index is -3.76. The van der Waals surface area contributed by atoms with Gasteiger partial charge in [-0.3, -0.25) is 4.79 Å². The molecule has 0 spiro atoms. The van der Waals surface area contributed by atoms with Crippen LogP contribution in [0.1, 0.15) is 42.8 Å². The van der Waals surface area contributed by atoms with E-state index in [0.717, 1.165) is 28.3 Å².